The molecule has 1 aromatic heterocycles. The summed E-state index contributed by atoms with van der Waals surface area (Å²) in [6.45, 7) is 5.18. The van der Waals surface area contributed by atoms with E-state index >= 15 is 0 Å². The van der Waals surface area contributed by atoms with Gasteiger partial charge in [0.05, 0.1) is 12.3 Å². The smallest absolute Gasteiger partial charge is 0.341 e. The monoisotopic (exact) mass is 406 g/mol. The molecule has 148 valence electrons. The average Bonchev–Trinajstić information content (AvgIpc) is 3.06. The maximum Gasteiger partial charge on any atom is 0.341 e. The molecule has 1 aromatic carbocycles. The van der Waals surface area contributed by atoms with Crippen LogP contribution in [-0.2, 0) is 21.0 Å². The number of ether oxygens (including phenoxy) is 2. The van der Waals surface area contributed by atoms with Gasteiger partial charge in [0.1, 0.15) is 6.10 Å². The van der Waals surface area contributed by atoms with E-state index in [0.717, 1.165) is 11.1 Å². The van der Waals surface area contributed by atoms with Crippen molar-refractivity contribution in [2.45, 2.75) is 39.6 Å². The molecule has 0 N–H and O–H groups in total. The van der Waals surface area contributed by atoms with Crippen LogP contribution in [0.5, 0.6) is 5.75 Å². The van der Waals surface area contributed by atoms with Gasteiger partial charge < -0.3 is 9.47 Å². The molecule has 1 aliphatic rings. The standard InChI is InChI=1S/C19H19ClN2O6/c1-10(2)16(28-22(24)25)19(23)27-17-11(3)21-8-14-15(17)9-26-18(14)12-4-6-13(20)7-5-12/h4-8,10,16,18H,9H2,1-3H3. The largest absolute Gasteiger partial charge is 0.423 e. The molecule has 9 heteroatoms. The summed E-state index contributed by atoms with van der Waals surface area (Å²) in [6.07, 6.45) is -0.0183. The number of carbonyl (C=O) groups excluding carboxylic acids is 1. The molecular formula is C19H19ClN2O6. The Morgan fingerprint density at radius 3 is 2.64 bits per heavy atom. The number of aryl methyl sites for hydroxylation is 1. The molecule has 3 rings (SSSR count). The van der Waals surface area contributed by atoms with Gasteiger partial charge in [-0.3, -0.25) is 9.82 Å². The molecule has 0 fully saturated rings. The molecule has 28 heavy (non-hydrogen) atoms. The molecule has 2 atom stereocenters. The highest BCUT2D eigenvalue weighted by Crippen LogP contribution is 2.41. The molecule has 2 unspecified atom stereocenters. The highest BCUT2D eigenvalue weighted by Gasteiger charge is 2.33. The summed E-state index contributed by atoms with van der Waals surface area (Å²) in [7, 11) is 0. The Labute approximate surface area is 166 Å². The first kappa shape index (κ1) is 20.0. The number of halogens is 1. The molecule has 0 amide bonds. The van der Waals surface area contributed by atoms with Crippen molar-refractivity contribution in [2.24, 2.45) is 5.92 Å². The van der Waals surface area contributed by atoms with Gasteiger partial charge in [-0.1, -0.05) is 37.6 Å². The van der Waals surface area contributed by atoms with Crippen molar-refractivity contribution in [1.29, 1.82) is 0 Å². The lowest BCUT2D eigenvalue weighted by Crippen LogP contribution is -2.35. The van der Waals surface area contributed by atoms with Crippen LogP contribution in [0.2, 0.25) is 5.02 Å². The minimum atomic E-state index is -1.33. The first-order valence-electron chi connectivity index (χ1n) is 8.66. The number of nitrogens with zero attached hydrogens (tertiary/aromatic N) is 2. The average molecular weight is 407 g/mol. The van der Waals surface area contributed by atoms with E-state index in [1.807, 2.05) is 12.1 Å². The number of esters is 1. The van der Waals surface area contributed by atoms with E-state index in [9.17, 15) is 14.9 Å². The van der Waals surface area contributed by atoms with Crippen LogP contribution in [0.4, 0.5) is 0 Å². The van der Waals surface area contributed by atoms with Crippen molar-refractivity contribution in [2.75, 3.05) is 0 Å². The van der Waals surface area contributed by atoms with Crippen LogP contribution in [0.25, 0.3) is 0 Å². The van der Waals surface area contributed by atoms with Crippen molar-refractivity contribution < 1.29 is 24.2 Å². The molecule has 2 aromatic rings. The molecule has 1 aliphatic heterocycles. The van der Waals surface area contributed by atoms with E-state index in [1.165, 1.54) is 0 Å². The van der Waals surface area contributed by atoms with Gasteiger partial charge in [0.15, 0.2) is 5.75 Å². The van der Waals surface area contributed by atoms with Crippen molar-refractivity contribution in [3.05, 3.63) is 68.0 Å². The van der Waals surface area contributed by atoms with Gasteiger partial charge in [0, 0.05) is 22.3 Å². The molecule has 8 nitrogen and oxygen atoms in total. The van der Waals surface area contributed by atoms with E-state index in [-0.39, 0.29) is 18.5 Å². The second-order valence-corrected chi connectivity index (χ2v) is 7.20. The highest BCUT2D eigenvalue weighted by atomic mass is 35.5. The first-order chi connectivity index (χ1) is 13.3. The van der Waals surface area contributed by atoms with Gasteiger partial charge in [-0.25, -0.2) is 4.79 Å². The normalized spacial score (nSPS) is 16.5. The number of hydrogen-bond donors (Lipinski definition) is 0. The molecular weight excluding hydrogens is 388 g/mol. The van der Waals surface area contributed by atoms with E-state index in [4.69, 9.17) is 21.1 Å². The Hall–Kier alpha value is -2.71. The Bertz CT molecular complexity index is 900. The summed E-state index contributed by atoms with van der Waals surface area (Å²) in [4.78, 5) is 32.0. The quantitative estimate of drug-likeness (QED) is 0.408. The highest BCUT2D eigenvalue weighted by molar-refractivity contribution is 6.30. The van der Waals surface area contributed by atoms with Crippen molar-refractivity contribution >= 4 is 17.6 Å². The van der Waals surface area contributed by atoms with Crippen LogP contribution >= 0.6 is 11.6 Å². The molecule has 2 heterocycles. The Morgan fingerprint density at radius 2 is 2.04 bits per heavy atom. The van der Waals surface area contributed by atoms with Crippen LogP contribution in [0.15, 0.2) is 30.5 Å². The Balaban J connectivity index is 1.90. The van der Waals surface area contributed by atoms with Crippen LogP contribution in [0.1, 0.15) is 42.3 Å². The summed E-state index contributed by atoms with van der Waals surface area (Å²) in [5.74, 6) is -1.04. The summed E-state index contributed by atoms with van der Waals surface area (Å²) >= 11 is 5.94. The lowest BCUT2D eigenvalue weighted by Gasteiger charge is -2.19. The minimum absolute atomic E-state index is 0.219. The van der Waals surface area contributed by atoms with E-state index < -0.39 is 23.1 Å². The van der Waals surface area contributed by atoms with Gasteiger partial charge >= 0.3 is 5.97 Å². The molecule has 0 saturated heterocycles. The number of pyridine rings is 1. The molecule has 0 radical (unpaired) electrons. The maximum atomic E-state index is 12.5. The maximum absolute atomic E-state index is 12.5. The van der Waals surface area contributed by atoms with Gasteiger partial charge in [0.2, 0.25) is 6.10 Å². The zero-order chi connectivity index (χ0) is 20.4. The molecule has 0 bridgehead atoms. The predicted octanol–water partition coefficient (Wildman–Crippen LogP) is 3.80. The summed E-state index contributed by atoms with van der Waals surface area (Å²) in [6, 6.07) is 7.24. The zero-order valence-corrected chi connectivity index (χ0v) is 16.3. The first-order valence-corrected chi connectivity index (χ1v) is 9.04. The summed E-state index contributed by atoms with van der Waals surface area (Å²) in [5, 5.41) is 10.3. The van der Waals surface area contributed by atoms with Crippen molar-refractivity contribution in [3.63, 3.8) is 0 Å². The fraction of sp³-hybridized carbons (Fsp3) is 0.368. The number of benzene rings is 1. The van der Waals surface area contributed by atoms with Gasteiger partial charge in [-0.2, -0.15) is 0 Å². The van der Waals surface area contributed by atoms with Crippen molar-refractivity contribution in [1.82, 2.24) is 4.98 Å². The van der Waals surface area contributed by atoms with Crippen LogP contribution in [0, 0.1) is 23.0 Å². The second kappa shape index (κ2) is 8.12. The third-order valence-corrected chi connectivity index (χ3v) is 4.69. The molecule has 0 aliphatic carbocycles. The van der Waals surface area contributed by atoms with Crippen LogP contribution in [-0.4, -0.2) is 22.1 Å². The number of rotatable bonds is 6. The van der Waals surface area contributed by atoms with Gasteiger partial charge in [0.25, 0.3) is 5.09 Å². The number of carbonyl (C=O) groups is 1. The number of aromatic nitrogens is 1. The SMILES string of the molecule is Cc1ncc2c(c1OC(=O)C(O[N+](=O)[O-])C(C)C)COC2c1ccc(Cl)cc1. The Morgan fingerprint density at radius 1 is 1.36 bits per heavy atom. The zero-order valence-electron chi connectivity index (χ0n) is 15.5. The lowest BCUT2D eigenvalue weighted by atomic mass is 10.00. The second-order valence-electron chi connectivity index (χ2n) is 6.76. The number of fused-ring (bicyclic) bond motifs is 1. The lowest BCUT2D eigenvalue weighted by molar-refractivity contribution is -0.766. The fourth-order valence-electron chi connectivity index (χ4n) is 3.02. The Kier molecular flexibility index (Phi) is 5.81. The van der Waals surface area contributed by atoms with E-state index in [2.05, 4.69) is 9.82 Å². The fourth-order valence-corrected chi connectivity index (χ4v) is 3.15. The van der Waals surface area contributed by atoms with Gasteiger partial charge in [-0.05, 0) is 30.5 Å². The molecule has 0 spiro atoms. The van der Waals surface area contributed by atoms with E-state index in [1.54, 1.807) is 39.1 Å². The topological polar surface area (TPSA) is 101 Å². The van der Waals surface area contributed by atoms with Crippen LogP contribution in [0.3, 0.4) is 0 Å². The minimum Gasteiger partial charge on any atom is -0.423 e. The predicted molar refractivity (Wildman–Crippen MR) is 99.4 cm³/mol. The van der Waals surface area contributed by atoms with Crippen LogP contribution < -0.4 is 4.74 Å². The van der Waals surface area contributed by atoms with Gasteiger partial charge in [-0.15, -0.1) is 10.1 Å². The third-order valence-electron chi connectivity index (χ3n) is 4.44. The summed E-state index contributed by atoms with van der Waals surface area (Å²) in [5.41, 5.74) is 2.83. The number of hydrogen-bond acceptors (Lipinski definition) is 7. The molecule has 0 saturated carbocycles. The van der Waals surface area contributed by atoms with Crippen molar-refractivity contribution in [3.8, 4) is 5.75 Å². The third kappa shape index (κ3) is 4.07. The van der Waals surface area contributed by atoms with E-state index in [0.29, 0.717) is 16.3 Å². The summed E-state index contributed by atoms with van der Waals surface area (Å²) < 4.78 is 11.4.